The molecule has 0 radical (unpaired) electrons. The van der Waals surface area contributed by atoms with Crippen molar-refractivity contribution in [2.45, 2.75) is 32.4 Å². The lowest BCUT2D eigenvalue weighted by molar-refractivity contribution is -0.113. The zero-order chi connectivity index (χ0) is 16.3. The first-order valence-electron chi connectivity index (χ1n) is 6.51. The molecule has 0 bridgehead atoms. The van der Waals surface area contributed by atoms with Crippen LogP contribution in [0.1, 0.15) is 37.2 Å². The van der Waals surface area contributed by atoms with Gasteiger partial charge in [0.25, 0.3) is 0 Å². The molecule has 0 saturated carbocycles. The second kappa shape index (κ2) is 6.26. The molecule has 10 heteroatoms. The number of carbonyl (C=O) groups is 1. The summed E-state index contributed by atoms with van der Waals surface area (Å²) in [5, 5.41) is 9.56. The lowest BCUT2D eigenvalue weighted by Crippen LogP contribution is -2.24. The van der Waals surface area contributed by atoms with Crippen LogP contribution in [0, 0.1) is 6.92 Å². The number of amides is 1. The maximum atomic E-state index is 12.0. The van der Waals surface area contributed by atoms with Crippen molar-refractivity contribution in [2.75, 3.05) is 11.1 Å². The van der Waals surface area contributed by atoms with Crippen LogP contribution >= 0.6 is 0 Å². The van der Waals surface area contributed by atoms with Crippen LogP contribution < -0.4 is 5.32 Å². The van der Waals surface area contributed by atoms with E-state index in [1.165, 1.54) is 6.07 Å². The number of aryl methyl sites for hydroxylation is 1. The smallest absolute Gasteiger partial charge is 0.241 e. The molecular formula is C12H16N4O5S. The molecule has 2 rings (SSSR count). The third kappa shape index (κ3) is 4.38. The van der Waals surface area contributed by atoms with Crippen molar-refractivity contribution < 1.29 is 22.3 Å². The molecule has 0 fully saturated rings. The van der Waals surface area contributed by atoms with E-state index in [4.69, 9.17) is 9.05 Å². The monoisotopic (exact) mass is 328 g/mol. The summed E-state index contributed by atoms with van der Waals surface area (Å²) in [5.41, 5.74) is 0. The van der Waals surface area contributed by atoms with E-state index in [2.05, 4.69) is 20.6 Å². The highest BCUT2D eigenvalue weighted by atomic mass is 32.2. The van der Waals surface area contributed by atoms with Gasteiger partial charge in [-0.1, -0.05) is 24.2 Å². The van der Waals surface area contributed by atoms with Gasteiger partial charge in [-0.05, 0) is 6.92 Å². The lowest BCUT2D eigenvalue weighted by Gasteiger charge is -2.01. The maximum Gasteiger partial charge on any atom is 0.241 e. The number of hydrogen-bond donors (Lipinski definition) is 1. The summed E-state index contributed by atoms with van der Waals surface area (Å²) >= 11 is 0. The molecule has 0 aliphatic carbocycles. The third-order valence-corrected chi connectivity index (χ3v) is 3.98. The summed E-state index contributed by atoms with van der Waals surface area (Å²) in [5.74, 6) is -0.823. The Labute approximate surface area is 127 Å². The van der Waals surface area contributed by atoms with Crippen LogP contribution in [0.4, 0.5) is 5.82 Å². The van der Waals surface area contributed by atoms with Crippen molar-refractivity contribution in [3.05, 3.63) is 23.5 Å². The first-order chi connectivity index (χ1) is 10.2. The van der Waals surface area contributed by atoms with E-state index in [9.17, 15) is 13.2 Å². The Morgan fingerprint density at radius 2 is 2.05 bits per heavy atom. The first-order valence-corrected chi connectivity index (χ1v) is 8.33. The van der Waals surface area contributed by atoms with Gasteiger partial charge in [0.15, 0.2) is 21.5 Å². The molecule has 1 amide bonds. The van der Waals surface area contributed by atoms with Crippen LogP contribution in [0.3, 0.4) is 0 Å². The van der Waals surface area contributed by atoms with E-state index in [1.54, 1.807) is 6.92 Å². The zero-order valence-electron chi connectivity index (χ0n) is 12.4. The van der Waals surface area contributed by atoms with Crippen LogP contribution in [0.15, 0.2) is 15.1 Å². The molecule has 9 nitrogen and oxygen atoms in total. The van der Waals surface area contributed by atoms with Gasteiger partial charge in [0, 0.05) is 12.0 Å². The van der Waals surface area contributed by atoms with Crippen molar-refractivity contribution in [3.63, 3.8) is 0 Å². The van der Waals surface area contributed by atoms with E-state index in [1.807, 2.05) is 13.8 Å². The van der Waals surface area contributed by atoms with E-state index in [0.29, 0.717) is 11.6 Å². The number of hydrogen-bond acceptors (Lipinski definition) is 8. The second-order valence-corrected chi connectivity index (χ2v) is 7.17. The second-order valence-electron chi connectivity index (χ2n) is 5.10. The predicted molar refractivity (Wildman–Crippen MR) is 75.7 cm³/mol. The average Bonchev–Trinajstić information content (AvgIpc) is 2.97. The van der Waals surface area contributed by atoms with E-state index >= 15 is 0 Å². The van der Waals surface area contributed by atoms with Crippen LogP contribution in [0.25, 0.3) is 0 Å². The van der Waals surface area contributed by atoms with Crippen molar-refractivity contribution >= 4 is 21.6 Å². The largest absolute Gasteiger partial charge is 0.360 e. The summed E-state index contributed by atoms with van der Waals surface area (Å²) < 4.78 is 33.5. The van der Waals surface area contributed by atoms with Crippen LogP contribution in [0.2, 0.25) is 0 Å². The normalized spacial score (nSPS) is 11.8. The topological polar surface area (TPSA) is 128 Å². The Hall–Kier alpha value is -2.23. The number of aromatic nitrogens is 3. The quantitative estimate of drug-likeness (QED) is 0.833. The molecule has 0 spiro atoms. The molecule has 2 aromatic heterocycles. The number of anilines is 1. The van der Waals surface area contributed by atoms with E-state index in [-0.39, 0.29) is 17.6 Å². The molecular weight excluding hydrogens is 312 g/mol. The molecule has 0 atom stereocenters. The number of sulfone groups is 1. The van der Waals surface area contributed by atoms with E-state index < -0.39 is 27.3 Å². The SMILES string of the molecule is Cc1cc(NC(=O)CS(=O)(=O)Cc2nc(C(C)C)no2)no1. The van der Waals surface area contributed by atoms with Gasteiger partial charge in [-0.25, -0.2) is 8.42 Å². The van der Waals surface area contributed by atoms with Gasteiger partial charge in [0.1, 0.15) is 17.3 Å². The minimum atomic E-state index is -3.73. The van der Waals surface area contributed by atoms with Crippen LogP contribution in [-0.2, 0) is 20.4 Å². The summed E-state index contributed by atoms with van der Waals surface area (Å²) in [6, 6.07) is 1.48. The number of nitrogens with zero attached hydrogens (tertiary/aromatic N) is 3. The minimum Gasteiger partial charge on any atom is -0.360 e. The molecule has 0 saturated heterocycles. The Balaban J connectivity index is 1.96. The molecule has 1 N–H and O–H groups in total. The molecule has 0 aliphatic heterocycles. The molecule has 22 heavy (non-hydrogen) atoms. The van der Waals surface area contributed by atoms with Crippen molar-refractivity contribution in [1.82, 2.24) is 15.3 Å². The van der Waals surface area contributed by atoms with Gasteiger partial charge in [-0.2, -0.15) is 4.98 Å². The Bertz CT molecular complexity index is 762. The highest BCUT2D eigenvalue weighted by molar-refractivity contribution is 7.91. The van der Waals surface area contributed by atoms with E-state index in [0.717, 1.165) is 0 Å². The predicted octanol–water partition coefficient (Wildman–Crippen LogP) is 1.04. The van der Waals surface area contributed by atoms with Gasteiger partial charge in [0.2, 0.25) is 11.8 Å². The fourth-order valence-electron chi connectivity index (χ4n) is 1.60. The molecule has 2 heterocycles. The van der Waals surface area contributed by atoms with Crippen LogP contribution in [-0.4, -0.2) is 35.4 Å². The highest BCUT2D eigenvalue weighted by Crippen LogP contribution is 2.12. The van der Waals surface area contributed by atoms with Crippen molar-refractivity contribution in [2.24, 2.45) is 0 Å². The Morgan fingerprint density at radius 3 is 2.59 bits per heavy atom. The van der Waals surface area contributed by atoms with Gasteiger partial charge in [-0.15, -0.1) is 0 Å². The Kier molecular flexibility index (Phi) is 4.59. The molecule has 120 valence electrons. The number of rotatable bonds is 6. The summed E-state index contributed by atoms with van der Waals surface area (Å²) in [6.07, 6.45) is 0. The molecule has 0 aromatic carbocycles. The van der Waals surface area contributed by atoms with Crippen molar-refractivity contribution in [1.29, 1.82) is 0 Å². The van der Waals surface area contributed by atoms with Gasteiger partial charge < -0.3 is 14.4 Å². The van der Waals surface area contributed by atoms with Crippen molar-refractivity contribution in [3.8, 4) is 0 Å². The van der Waals surface area contributed by atoms with Gasteiger partial charge in [-0.3, -0.25) is 4.79 Å². The molecule has 0 aliphatic rings. The molecule has 0 unspecified atom stereocenters. The fourth-order valence-corrected chi connectivity index (χ4v) is 2.67. The van der Waals surface area contributed by atoms with Crippen LogP contribution in [0.5, 0.6) is 0 Å². The fraction of sp³-hybridized carbons (Fsp3) is 0.500. The molecule has 2 aromatic rings. The summed E-state index contributed by atoms with van der Waals surface area (Å²) in [6.45, 7) is 5.37. The lowest BCUT2D eigenvalue weighted by atomic mass is 10.2. The summed E-state index contributed by atoms with van der Waals surface area (Å²) in [4.78, 5) is 15.7. The number of nitrogens with one attached hydrogen (secondary N) is 1. The standard InChI is InChI=1S/C12H16N4O5S/c1-7(2)12-14-11(21-16-12)6-22(18,19)5-10(17)13-9-4-8(3)20-15-9/h4,7H,5-6H2,1-3H3,(H,13,15,17). The summed E-state index contributed by atoms with van der Waals surface area (Å²) in [7, 11) is -3.73. The minimum absolute atomic E-state index is 0.0268. The Morgan fingerprint density at radius 1 is 1.32 bits per heavy atom. The maximum absolute atomic E-state index is 12.0. The van der Waals surface area contributed by atoms with Gasteiger partial charge in [0.05, 0.1) is 0 Å². The zero-order valence-corrected chi connectivity index (χ0v) is 13.2. The number of carbonyl (C=O) groups excluding carboxylic acids is 1. The van der Waals surface area contributed by atoms with Gasteiger partial charge >= 0.3 is 0 Å². The third-order valence-electron chi connectivity index (χ3n) is 2.59. The first kappa shape index (κ1) is 16.1. The average molecular weight is 328 g/mol. The highest BCUT2D eigenvalue weighted by Gasteiger charge is 2.22.